The number of hydrogen-bond acceptors (Lipinski definition) is 13. The molecule has 0 spiro atoms. The predicted octanol–water partition coefficient (Wildman–Crippen LogP) is -1.81. The maximum Gasteiger partial charge on any atom is 0.371 e. The molecule has 19 heteroatoms. The zero-order valence-corrected chi connectivity index (χ0v) is 23.6. The SMILES string of the molecule is C.CC(=O)C(=O)O.CC(=O)CC(O)(CC(=O)O)C(=O)O.CC(=O)CN(C)CC(=O)O.CC(=O)CN(CC(=O)O)CC(=O)O. The van der Waals surface area contributed by atoms with Crippen LogP contribution in [0, 0.1) is 0 Å². The van der Waals surface area contributed by atoms with E-state index in [0.29, 0.717) is 0 Å². The lowest BCUT2D eigenvalue weighted by Crippen LogP contribution is -2.42. The number of nitrogens with zero attached hydrogens (tertiary/aromatic N) is 2. The summed E-state index contributed by atoms with van der Waals surface area (Å²) < 4.78 is 0. The Labute approximate surface area is 246 Å². The van der Waals surface area contributed by atoms with Gasteiger partial charge in [-0.1, -0.05) is 7.43 Å². The van der Waals surface area contributed by atoms with Gasteiger partial charge in [-0.2, -0.15) is 0 Å². The zero-order chi connectivity index (χ0) is 34.4. The maximum atomic E-state index is 10.6. The average Bonchev–Trinajstić information content (AvgIpc) is 2.71. The number of carbonyl (C=O) groups excluding carboxylic acids is 4. The number of carboxylic acid groups (broad SMARTS) is 6. The second-order valence-corrected chi connectivity index (χ2v) is 8.55. The molecule has 0 aliphatic carbocycles. The third-order valence-corrected chi connectivity index (χ3v) is 3.75. The highest BCUT2D eigenvalue weighted by Crippen LogP contribution is 2.16. The summed E-state index contributed by atoms with van der Waals surface area (Å²) in [5.41, 5.74) is -2.49. The number of aliphatic hydroxyl groups is 1. The van der Waals surface area contributed by atoms with Crippen molar-refractivity contribution < 1.29 is 83.7 Å². The van der Waals surface area contributed by atoms with E-state index in [4.69, 9.17) is 30.6 Å². The molecule has 248 valence electrons. The van der Waals surface area contributed by atoms with E-state index in [2.05, 4.69) is 0 Å². The molecule has 19 nitrogen and oxygen atoms in total. The molecule has 0 bridgehead atoms. The van der Waals surface area contributed by atoms with Crippen LogP contribution in [-0.2, 0) is 47.9 Å². The molecule has 1 atom stereocenters. The molecule has 0 heterocycles. The van der Waals surface area contributed by atoms with Gasteiger partial charge in [0.05, 0.1) is 39.1 Å². The number of rotatable bonds is 16. The molecular weight excluding hydrogens is 588 g/mol. The Morgan fingerprint density at radius 3 is 1.09 bits per heavy atom. The number of likely N-dealkylation sites (N-methyl/N-ethyl adjacent to an activating group) is 1. The van der Waals surface area contributed by atoms with E-state index in [1.54, 1.807) is 7.05 Å². The van der Waals surface area contributed by atoms with E-state index in [1.165, 1.54) is 18.7 Å². The number of ketones is 4. The number of Topliss-reactive ketones (excluding diaryl/α,β-unsaturated/α-hetero) is 4. The normalized spacial score (nSPS) is 10.8. The van der Waals surface area contributed by atoms with E-state index >= 15 is 0 Å². The van der Waals surface area contributed by atoms with Crippen molar-refractivity contribution in [3.63, 3.8) is 0 Å². The Hall–Kier alpha value is -4.62. The van der Waals surface area contributed by atoms with Crippen LogP contribution in [0.1, 0.15) is 48.0 Å². The van der Waals surface area contributed by atoms with E-state index in [-0.39, 0.29) is 38.6 Å². The van der Waals surface area contributed by atoms with E-state index in [9.17, 15) is 53.1 Å². The number of carboxylic acids is 6. The molecule has 0 fully saturated rings. The molecule has 0 aliphatic rings. The zero-order valence-electron chi connectivity index (χ0n) is 23.6. The van der Waals surface area contributed by atoms with Crippen molar-refractivity contribution in [3.8, 4) is 0 Å². The lowest BCUT2D eigenvalue weighted by molar-refractivity contribution is -0.167. The lowest BCUT2D eigenvalue weighted by atomic mass is 9.94. The quantitative estimate of drug-likeness (QED) is 0.0926. The summed E-state index contributed by atoms with van der Waals surface area (Å²) in [6, 6.07) is 0. The van der Waals surface area contributed by atoms with Gasteiger partial charge >= 0.3 is 35.8 Å². The maximum absolute atomic E-state index is 10.6. The summed E-state index contributed by atoms with van der Waals surface area (Å²) in [5.74, 6) is -9.45. The molecule has 0 radical (unpaired) electrons. The summed E-state index contributed by atoms with van der Waals surface area (Å²) in [5, 5.41) is 58.6. The fourth-order valence-electron chi connectivity index (χ4n) is 2.41. The second-order valence-electron chi connectivity index (χ2n) is 8.55. The van der Waals surface area contributed by atoms with E-state index in [1.807, 2.05) is 0 Å². The molecule has 0 aromatic carbocycles. The molecule has 0 rings (SSSR count). The first-order chi connectivity index (χ1) is 18.9. The summed E-state index contributed by atoms with van der Waals surface area (Å²) in [6.45, 7) is 3.87. The second kappa shape index (κ2) is 25.1. The molecule has 7 N–H and O–H groups in total. The van der Waals surface area contributed by atoms with Crippen LogP contribution >= 0.6 is 0 Å². The van der Waals surface area contributed by atoms with Gasteiger partial charge < -0.3 is 35.7 Å². The van der Waals surface area contributed by atoms with Gasteiger partial charge in [0.1, 0.15) is 17.3 Å². The minimum absolute atomic E-state index is 0. The Bertz CT molecular complexity index is 924. The molecule has 0 aliphatic heterocycles. The highest BCUT2D eigenvalue weighted by Gasteiger charge is 2.39. The van der Waals surface area contributed by atoms with Crippen LogP contribution in [0.3, 0.4) is 0 Å². The summed E-state index contributed by atoms with van der Waals surface area (Å²) in [7, 11) is 1.59. The van der Waals surface area contributed by atoms with E-state index in [0.717, 1.165) is 18.7 Å². The van der Waals surface area contributed by atoms with Gasteiger partial charge in [-0.25, -0.2) is 9.59 Å². The highest BCUT2D eigenvalue weighted by molar-refractivity contribution is 6.31. The van der Waals surface area contributed by atoms with Gasteiger partial charge in [0.15, 0.2) is 5.60 Å². The topological polar surface area (TPSA) is 319 Å². The third-order valence-electron chi connectivity index (χ3n) is 3.75. The highest BCUT2D eigenvalue weighted by atomic mass is 16.4. The van der Waals surface area contributed by atoms with Crippen LogP contribution in [0.2, 0.25) is 0 Å². The van der Waals surface area contributed by atoms with Crippen molar-refractivity contribution in [2.45, 2.75) is 53.6 Å². The smallest absolute Gasteiger partial charge is 0.371 e. The first-order valence-electron chi connectivity index (χ1n) is 11.3. The van der Waals surface area contributed by atoms with Crippen LogP contribution in [-0.4, -0.2) is 150 Å². The molecular formula is C24H40N2O17. The van der Waals surface area contributed by atoms with Crippen molar-refractivity contribution >= 4 is 58.9 Å². The molecule has 0 saturated heterocycles. The fraction of sp³-hybridized carbons (Fsp3) is 0.583. The number of hydrogen-bond donors (Lipinski definition) is 7. The van der Waals surface area contributed by atoms with Crippen molar-refractivity contribution in [3.05, 3.63) is 0 Å². The van der Waals surface area contributed by atoms with Crippen LogP contribution < -0.4 is 0 Å². The van der Waals surface area contributed by atoms with Crippen LogP contribution in [0.5, 0.6) is 0 Å². The molecule has 0 aromatic rings. The average molecular weight is 629 g/mol. The summed E-state index contributed by atoms with van der Waals surface area (Å²) in [4.78, 5) is 104. The molecule has 0 amide bonds. The number of aliphatic carboxylic acids is 6. The van der Waals surface area contributed by atoms with Gasteiger partial charge in [-0.05, 0) is 27.8 Å². The van der Waals surface area contributed by atoms with Gasteiger partial charge in [-0.3, -0.25) is 48.2 Å². The molecule has 1 unspecified atom stereocenters. The largest absolute Gasteiger partial charge is 0.481 e. The molecule has 43 heavy (non-hydrogen) atoms. The van der Waals surface area contributed by atoms with Gasteiger partial charge in [0.25, 0.3) is 0 Å². The van der Waals surface area contributed by atoms with Gasteiger partial charge in [-0.15, -0.1) is 0 Å². The van der Waals surface area contributed by atoms with Crippen LogP contribution in [0.25, 0.3) is 0 Å². The Morgan fingerprint density at radius 2 is 0.884 bits per heavy atom. The van der Waals surface area contributed by atoms with Crippen molar-refractivity contribution in [2.24, 2.45) is 0 Å². The minimum atomic E-state index is -2.49. The Balaban J connectivity index is -0.000000153. The van der Waals surface area contributed by atoms with Crippen molar-refractivity contribution in [1.29, 1.82) is 0 Å². The Kier molecular flexibility index (Phi) is 28.1. The monoisotopic (exact) mass is 628 g/mol. The van der Waals surface area contributed by atoms with Crippen molar-refractivity contribution in [2.75, 3.05) is 39.8 Å². The van der Waals surface area contributed by atoms with Crippen LogP contribution in [0.4, 0.5) is 0 Å². The lowest BCUT2D eigenvalue weighted by Gasteiger charge is -2.19. The summed E-state index contributed by atoms with van der Waals surface area (Å²) >= 11 is 0. The van der Waals surface area contributed by atoms with Crippen LogP contribution in [0.15, 0.2) is 0 Å². The Morgan fingerprint density at radius 1 is 0.535 bits per heavy atom. The van der Waals surface area contributed by atoms with Crippen molar-refractivity contribution in [1.82, 2.24) is 9.80 Å². The molecule has 0 saturated carbocycles. The first-order valence-corrected chi connectivity index (χ1v) is 11.3. The predicted molar refractivity (Wildman–Crippen MR) is 143 cm³/mol. The van der Waals surface area contributed by atoms with Gasteiger partial charge in [0.2, 0.25) is 5.78 Å². The standard InChI is InChI=1S/C7H11NO5.C7H10O6.C6H11NO3.C3H4O3.CH4/c1-5(9)2-8(3-6(10)11)4-7(12)13;1-4(8)2-7(13,6(11)12)3-5(9)10;1-5(8)3-7(2)4-6(9)10;1-2(4)3(5)6;/h2-4H2,1H3,(H,10,11)(H,12,13);13H,2-3H2,1H3,(H,9,10)(H,11,12);3-4H2,1-2H3,(H,9,10);1H3,(H,5,6);1H4. The first kappa shape index (κ1) is 48.1. The molecule has 0 aromatic heterocycles. The third kappa shape index (κ3) is 37.4. The summed E-state index contributed by atoms with van der Waals surface area (Å²) in [6.07, 6.45) is -1.68. The van der Waals surface area contributed by atoms with E-state index < -0.39 is 78.9 Å². The van der Waals surface area contributed by atoms with Gasteiger partial charge in [0, 0.05) is 13.3 Å². The minimum Gasteiger partial charge on any atom is -0.481 e. The number of carbonyl (C=O) groups is 10. The fourth-order valence-corrected chi connectivity index (χ4v) is 2.41.